The van der Waals surface area contributed by atoms with Gasteiger partial charge in [0, 0.05) is 51.3 Å². The number of amides is 1. The number of esters is 2. The van der Waals surface area contributed by atoms with Crippen LogP contribution in [0, 0.1) is 5.41 Å². The summed E-state index contributed by atoms with van der Waals surface area (Å²) in [6, 6.07) is 28.7. The third kappa shape index (κ3) is 10.7. The average molecular weight is 590 g/mol. The van der Waals surface area contributed by atoms with Crippen molar-refractivity contribution in [3.8, 4) is 0 Å². The van der Waals surface area contributed by atoms with E-state index in [1.54, 1.807) is 19.2 Å². The SMILES string of the molecule is CCC(COC(=O)CCN(C)c1ccccc1)(COC(=O)CCN(C)c1ccccc1)COC(=O)N(C)c1ccccc1. The van der Waals surface area contributed by atoms with Crippen molar-refractivity contribution >= 4 is 35.1 Å². The molecule has 0 heterocycles. The molecule has 0 unspecified atom stereocenters. The van der Waals surface area contributed by atoms with Crippen LogP contribution in [0.15, 0.2) is 91.0 Å². The minimum atomic E-state index is -0.908. The van der Waals surface area contributed by atoms with Gasteiger partial charge >= 0.3 is 18.0 Å². The molecule has 0 bridgehead atoms. The third-order valence-electron chi connectivity index (χ3n) is 7.44. The second-order valence-corrected chi connectivity index (χ2v) is 10.6. The monoisotopic (exact) mass is 589 g/mol. The van der Waals surface area contributed by atoms with E-state index in [0.29, 0.717) is 25.2 Å². The lowest BCUT2D eigenvalue weighted by Gasteiger charge is -2.32. The molecule has 0 radical (unpaired) electrons. The molecule has 0 atom stereocenters. The molecule has 0 aliphatic heterocycles. The van der Waals surface area contributed by atoms with Crippen molar-refractivity contribution in [3.05, 3.63) is 91.0 Å². The number of anilines is 3. The molecule has 3 aromatic carbocycles. The molecule has 0 N–H and O–H groups in total. The van der Waals surface area contributed by atoms with Crippen LogP contribution in [0.2, 0.25) is 0 Å². The van der Waals surface area contributed by atoms with Crippen molar-refractivity contribution < 1.29 is 28.6 Å². The Morgan fingerprint density at radius 1 is 0.581 bits per heavy atom. The zero-order valence-corrected chi connectivity index (χ0v) is 25.6. The number of ether oxygens (including phenoxy) is 3. The van der Waals surface area contributed by atoms with Gasteiger partial charge in [-0.2, -0.15) is 0 Å². The fourth-order valence-electron chi connectivity index (χ4n) is 4.25. The first-order valence-corrected chi connectivity index (χ1v) is 14.5. The maximum atomic E-state index is 12.9. The van der Waals surface area contributed by atoms with Crippen LogP contribution in [0.25, 0.3) is 0 Å². The highest BCUT2D eigenvalue weighted by Gasteiger charge is 2.35. The van der Waals surface area contributed by atoms with Gasteiger partial charge in [0.1, 0.15) is 19.8 Å². The van der Waals surface area contributed by atoms with Crippen LogP contribution in [0.1, 0.15) is 26.2 Å². The fourth-order valence-corrected chi connectivity index (χ4v) is 4.25. The molecule has 0 saturated heterocycles. The molecule has 0 spiro atoms. The standard InChI is InChI=1S/C34H43N3O6/c1-5-34(27-43-33(40)37(4)30-19-13-8-14-20-30,25-41-31(38)21-23-35(2)28-15-9-6-10-16-28)26-42-32(39)22-24-36(3)29-17-11-7-12-18-29/h6-20H,5,21-27H2,1-4H3. The molecule has 0 aliphatic rings. The van der Waals surface area contributed by atoms with Gasteiger partial charge in [-0.25, -0.2) is 4.79 Å². The van der Waals surface area contributed by atoms with Crippen molar-refractivity contribution in [1.29, 1.82) is 0 Å². The predicted octanol–water partition coefficient (Wildman–Crippen LogP) is 5.80. The molecular weight excluding hydrogens is 546 g/mol. The number of rotatable bonds is 16. The fraction of sp³-hybridized carbons (Fsp3) is 0.382. The second kappa shape index (κ2) is 16.8. The van der Waals surface area contributed by atoms with Crippen LogP contribution < -0.4 is 14.7 Å². The van der Waals surface area contributed by atoms with E-state index >= 15 is 0 Å². The molecule has 0 fully saturated rings. The summed E-state index contributed by atoms with van der Waals surface area (Å²) in [5.74, 6) is -0.770. The van der Waals surface area contributed by atoms with Gasteiger partial charge in [0.25, 0.3) is 0 Å². The topological polar surface area (TPSA) is 88.6 Å². The van der Waals surface area contributed by atoms with Crippen molar-refractivity contribution in [3.63, 3.8) is 0 Å². The van der Waals surface area contributed by atoms with Gasteiger partial charge in [0.05, 0.1) is 18.3 Å². The van der Waals surface area contributed by atoms with Gasteiger partial charge in [-0.3, -0.25) is 14.5 Å². The van der Waals surface area contributed by atoms with Crippen LogP contribution in [-0.2, 0) is 23.8 Å². The van der Waals surface area contributed by atoms with E-state index in [1.807, 2.05) is 110 Å². The van der Waals surface area contributed by atoms with Gasteiger partial charge in [0.2, 0.25) is 0 Å². The maximum absolute atomic E-state index is 12.9. The number of nitrogens with zero attached hydrogens (tertiary/aromatic N) is 3. The molecule has 0 aliphatic carbocycles. The smallest absolute Gasteiger partial charge is 0.414 e. The highest BCUT2D eigenvalue weighted by molar-refractivity contribution is 5.86. The lowest BCUT2D eigenvalue weighted by Crippen LogP contribution is -2.41. The molecule has 1 amide bonds. The van der Waals surface area contributed by atoms with Crippen molar-refractivity contribution in [2.24, 2.45) is 5.41 Å². The van der Waals surface area contributed by atoms with Gasteiger partial charge in [-0.05, 0) is 42.8 Å². The molecule has 3 rings (SSSR count). The number of hydrogen-bond donors (Lipinski definition) is 0. The molecule has 43 heavy (non-hydrogen) atoms. The number of hydrogen-bond acceptors (Lipinski definition) is 8. The molecule has 230 valence electrons. The highest BCUT2D eigenvalue weighted by Crippen LogP contribution is 2.26. The van der Waals surface area contributed by atoms with E-state index in [9.17, 15) is 14.4 Å². The molecule has 9 nitrogen and oxygen atoms in total. The first-order valence-electron chi connectivity index (χ1n) is 14.5. The summed E-state index contributed by atoms with van der Waals surface area (Å²) in [7, 11) is 5.45. The summed E-state index contributed by atoms with van der Waals surface area (Å²) < 4.78 is 17.0. The third-order valence-corrected chi connectivity index (χ3v) is 7.44. The van der Waals surface area contributed by atoms with Crippen molar-refractivity contribution in [2.75, 3.05) is 68.8 Å². The summed E-state index contributed by atoms with van der Waals surface area (Å²) >= 11 is 0. The summed E-state index contributed by atoms with van der Waals surface area (Å²) in [5.41, 5.74) is 1.77. The largest absolute Gasteiger partial charge is 0.465 e. The number of para-hydroxylation sites is 3. The van der Waals surface area contributed by atoms with E-state index < -0.39 is 11.5 Å². The summed E-state index contributed by atoms with van der Waals surface area (Å²) in [6.07, 6.45) is 0.236. The average Bonchev–Trinajstić information content (AvgIpc) is 3.06. The first kappa shape index (κ1) is 33.0. The van der Waals surface area contributed by atoms with E-state index in [-0.39, 0.29) is 44.6 Å². The Balaban J connectivity index is 1.59. The van der Waals surface area contributed by atoms with Gasteiger partial charge in [-0.1, -0.05) is 61.5 Å². The Morgan fingerprint density at radius 2 is 0.953 bits per heavy atom. The molecule has 3 aromatic rings. The zero-order chi connectivity index (χ0) is 31.1. The lowest BCUT2D eigenvalue weighted by molar-refractivity contribution is -0.156. The van der Waals surface area contributed by atoms with Crippen LogP contribution >= 0.6 is 0 Å². The number of carbonyl (C=O) groups is 3. The Morgan fingerprint density at radius 3 is 1.35 bits per heavy atom. The Labute approximate surface area is 254 Å². The summed E-state index contributed by atoms with van der Waals surface area (Å²) in [6.45, 7) is 2.63. The van der Waals surface area contributed by atoms with Gasteiger partial charge in [0.15, 0.2) is 0 Å². The molecule has 0 saturated carbocycles. The number of benzene rings is 3. The lowest BCUT2D eigenvalue weighted by atomic mass is 9.88. The normalized spacial score (nSPS) is 10.9. The van der Waals surface area contributed by atoms with E-state index in [0.717, 1.165) is 11.4 Å². The zero-order valence-electron chi connectivity index (χ0n) is 25.6. The highest BCUT2D eigenvalue weighted by atomic mass is 16.6. The number of carbonyl (C=O) groups excluding carboxylic acids is 3. The minimum Gasteiger partial charge on any atom is -0.465 e. The van der Waals surface area contributed by atoms with Crippen LogP contribution in [0.3, 0.4) is 0 Å². The van der Waals surface area contributed by atoms with Crippen molar-refractivity contribution in [2.45, 2.75) is 26.2 Å². The predicted molar refractivity (Wildman–Crippen MR) is 169 cm³/mol. The maximum Gasteiger partial charge on any atom is 0.414 e. The first-order chi connectivity index (χ1) is 20.7. The van der Waals surface area contributed by atoms with E-state index in [1.165, 1.54) is 4.90 Å². The summed E-state index contributed by atoms with van der Waals surface area (Å²) in [5, 5.41) is 0. The minimum absolute atomic E-state index is 0.0586. The molecular formula is C34H43N3O6. The second-order valence-electron chi connectivity index (χ2n) is 10.6. The van der Waals surface area contributed by atoms with Crippen LogP contribution in [0.4, 0.5) is 21.9 Å². The summed E-state index contributed by atoms with van der Waals surface area (Å²) in [4.78, 5) is 43.7. The Hall–Kier alpha value is -4.53. The van der Waals surface area contributed by atoms with Crippen LogP contribution in [0.5, 0.6) is 0 Å². The Bertz CT molecular complexity index is 1210. The van der Waals surface area contributed by atoms with Crippen molar-refractivity contribution in [1.82, 2.24) is 0 Å². The van der Waals surface area contributed by atoms with Crippen LogP contribution in [-0.4, -0.2) is 72.1 Å². The molecule has 9 heteroatoms. The quantitative estimate of drug-likeness (QED) is 0.153. The Kier molecular flexibility index (Phi) is 12.9. The van der Waals surface area contributed by atoms with Gasteiger partial charge in [-0.15, -0.1) is 0 Å². The molecule has 0 aromatic heterocycles. The van der Waals surface area contributed by atoms with E-state index in [2.05, 4.69) is 0 Å². The van der Waals surface area contributed by atoms with Gasteiger partial charge < -0.3 is 24.0 Å². The van der Waals surface area contributed by atoms with E-state index in [4.69, 9.17) is 14.2 Å².